The van der Waals surface area contributed by atoms with Crippen LogP contribution in [0.1, 0.15) is 36.1 Å². The maximum atomic E-state index is 13.2. The molecule has 1 saturated heterocycles. The molecule has 1 atom stereocenters. The summed E-state index contributed by atoms with van der Waals surface area (Å²) < 4.78 is 16.7. The Morgan fingerprint density at radius 2 is 1.76 bits per heavy atom. The van der Waals surface area contributed by atoms with Crippen molar-refractivity contribution in [1.82, 2.24) is 19.9 Å². The van der Waals surface area contributed by atoms with Crippen LogP contribution in [0, 0.1) is 0 Å². The number of ether oxygens (including phenoxy) is 2. The Bertz CT molecular complexity index is 1030. The predicted molar refractivity (Wildman–Crippen MR) is 124 cm³/mol. The fourth-order valence-electron chi connectivity index (χ4n) is 3.87. The van der Waals surface area contributed by atoms with E-state index in [2.05, 4.69) is 22.0 Å². The number of amides is 1. The van der Waals surface area contributed by atoms with E-state index in [0.717, 1.165) is 18.7 Å². The first-order chi connectivity index (χ1) is 16.2. The Hall–Kier alpha value is -3.23. The molecule has 1 aromatic heterocycles. The second-order valence-corrected chi connectivity index (χ2v) is 7.87. The van der Waals surface area contributed by atoms with Crippen LogP contribution in [0.4, 0.5) is 0 Å². The van der Waals surface area contributed by atoms with Gasteiger partial charge in [0.1, 0.15) is 12.4 Å². The SMILES string of the molecule is CCOCCOc1ccccc1C(=O)N1CCN(C(C)c2nc(-c3ccccc3)no2)CC1. The molecule has 8 heteroatoms. The van der Waals surface area contributed by atoms with Gasteiger partial charge in [-0.1, -0.05) is 47.6 Å². The lowest BCUT2D eigenvalue weighted by atomic mass is 10.1. The molecular weight excluding hydrogens is 420 g/mol. The van der Waals surface area contributed by atoms with Gasteiger partial charge in [0.15, 0.2) is 0 Å². The molecule has 1 aliphatic rings. The number of nitrogens with zero attached hydrogens (tertiary/aromatic N) is 4. The van der Waals surface area contributed by atoms with Gasteiger partial charge >= 0.3 is 0 Å². The molecule has 0 aliphatic carbocycles. The molecule has 0 radical (unpaired) electrons. The molecule has 1 fully saturated rings. The summed E-state index contributed by atoms with van der Waals surface area (Å²) in [6.07, 6.45) is 0. The van der Waals surface area contributed by atoms with Crippen LogP contribution in [0.15, 0.2) is 59.1 Å². The number of rotatable bonds is 9. The highest BCUT2D eigenvalue weighted by molar-refractivity contribution is 5.97. The molecule has 33 heavy (non-hydrogen) atoms. The van der Waals surface area contributed by atoms with Crippen molar-refractivity contribution in [3.05, 3.63) is 66.1 Å². The molecule has 1 aliphatic heterocycles. The molecule has 3 aromatic rings. The van der Waals surface area contributed by atoms with E-state index >= 15 is 0 Å². The maximum absolute atomic E-state index is 13.2. The Morgan fingerprint density at radius 1 is 1.03 bits per heavy atom. The van der Waals surface area contributed by atoms with Crippen LogP contribution in [-0.2, 0) is 4.74 Å². The topological polar surface area (TPSA) is 80.9 Å². The number of hydrogen-bond acceptors (Lipinski definition) is 7. The van der Waals surface area contributed by atoms with Crippen molar-refractivity contribution >= 4 is 5.91 Å². The van der Waals surface area contributed by atoms with Crippen molar-refractivity contribution in [2.45, 2.75) is 19.9 Å². The van der Waals surface area contributed by atoms with Gasteiger partial charge in [0.05, 0.1) is 18.2 Å². The molecule has 1 amide bonds. The van der Waals surface area contributed by atoms with Gasteiger partial charge in [0, 0.05) is 38.3 Å². The summed E-state index contributed by atoms with van der Waals surface area (Å²) >= 11 is 0. The van der Waals surface area contributed by atoms with E-state index in [0.29, 0.717) is 55.9 Å². The molecule has 1 unspecified atom stereocenters. The summed E-state index contributed by atoms with van der Waals surface area (Å²) in [4.78, 5) is 21.9. The second-order valence-electron chi connectivity index (χ2n) is 7.87. The number of piperazine rings is 1. The Labute approximate surface area is 194 Å². The minimum atomic E-state index is -0.0265. The molecule has 0 bridgehead atoms. The zero-order valence-corrected chi connectivity index (χ0v) is 19.1. The molecule has 174 valence electrons. The van der Waals surface area contributed by atoms with E-state index in [1.54, 1.807) is 0 Å². The van der Waals surface area contributed by atoms with Gasteiger partial charge in [0.2, 0.25) is 11.7 Å². The third-order valence-corrected chi connectivity index (χ3v) is 5.79. The average molecular weight is 451 g/mol. The Morgan fingerprint density at radius 3 is 2.52 bits per heavy atom. The zero-order valence-electron chi connectivity index (χ0n) is 19.1. The van der Waals surface area contributed by atoms with Crippen molar-refractivity contribution in [2.75, 3.05) is 46.0 Å². The Balaban J connectivity index is 1.34. The minimum Gasteiger partial charge on any atom is -0.490 e. The van der Waals surface area contributed by atoms with Gasteiger partial charge in [-0.2, -0.15) is 4.98 Å². The van der Waals surface area contributed by atoms with E-state index in [1.807, 2.05) is 66.4 Å². The molecule has 4 rings (SSSR count). The van der Waals surface area contributed by atoms with E-state index in [4.69, 9.17) is 14.0 Å². The van der Waals surface area contributed by atoms with Crippen LogP contribution < -0.4 is 4.74 Å². The summed E-state index contributed by atoms with van der Waals surface area (Å²) in [5, 5.41) is 4.13. The minimum absolute atomic E-state index is 0.0153. The monoisotopic (exact) mass is 450 g/mol. The summed E-state index contributed by atoms with van der Waals surface area (Å²) in [6.45, 7) is 8.25. The van der Waals surface area contributed by atoms with Crippen molar-refractivity contribution in [3.63, 3.8) is 0 Å². The summed E-state index contributed by atoms with van der Waals surface area (Å²) in [5.41, 5.74) is 1.51. The highest BCUT2D eigenvalue weighted by atomic mass is 16.5. The smallest absolute Gasteiger partial charge is 0.257 e. The van der Waals surface area contributed by atoms with Crippen LogP contribution in [0.25, 0.3) is 11.4 Å². The van der Waals surface area contributed by atoms with Crippen molar-refractivity contribution < 1.29 is 18.8 Å². The molecule has 0 saturated carbocycles. The van der Waals surface area contributed by atoms with Crippen molar-refractivity contribution in [2.24, 2.45) is 0 Å². The maximum Gasteiger partial charge on any atom is 0.257 e. The predicted octanol–water partition coefficient (Wildman–Crippen LogP) is 3.67. The average Bonchev–Trinajstić information content (AvgIpc) is 3.37. The van der Waals surface area contributed by atoms with Gasteiger partial charge in [-0.3, -0.25) is 9.69 Å². The Kier molecular flexibility index (Phi) is 7.70. The normalized spacial score (nSPS) is 15.4. The number of hydrogen-bond donors (Lipinski definition) is 0. The van der Waals surface area contributed by atoms with Crippen molar-refractivity contribution in [3.8, 4) is 17.1 Å². The lowest BCUT2D eigenvalue weighted by Gasteiger charge is -2.37. The molecule has 0 N–H and O–H groups in total. The number of aromatic nitrogens is 2. The summed E-state index contributed by atoms with van der Waals surface area (Å²) in [5.74, 6) is 1.75. The van der Waals surface area contributed by atoms with Gasteiger partial charge in [-0.25, -0.2) is 0 Å². The first-order valence-electron chi connectivity index (χ1n) is 11.4. The lowest BCUT2D eigenvalue weighted by Crippen LogP contribution is -2.49. The van der Waals surface area contributed by atoms with Gasteiger partial charge in [-0.15, -0.1) is 0 Å². The van der Waals surface area contributed by atoms with Crippen molar-refractivity contribution in [1.29, 1.82) is 0 Å². The van der Waals surface area contributed by atoms with E-state index in [-0.39, 0.29) is 11.9 Å². The summed E-state index contributed by atoms with van der Waals surface area (Å²) in [6, 6.07) is 17.1. The molecule has 2 aromatic carbocycles. The summed E-state index contributed by atoms with van der Waals surface area (Å²) in [7, 11) is 0. The lowest BCUT2D eigenvalue weighted by molar-refractivity contribution is 0.0545. The van der Waals surface area contributed by atoms with Crippen LogP contribution in [-0.4, -0.2) is 71.8 Å². The quantitative estimate of drug-likeness (QED) is 0.460. The van der Waals surface area contributed by atoms with Crippen LogP contribution >= 0.6 is 0 Å². The number of carbonyl (C=O) groups excluding carboxylic acids is 1. The van der Waals surface area contributed by atoms with Gasteiger partial charge in [0.25, 0.3) is 5.91 Å². The van der Waals surface area contributed by atoms with Gasteiger partial charge in [-0.05, 0) is 26.0 Å². The molecular formula is C25H30N4O4. The first-order valence-corrected chi connectivity index (χ1v) is 11.4. The van der Waals surface area contributed by atoms with Crippen LogP contribution in [0.5, 0.6) is 5.75 Å². The largest absolute Gasteiger partial charge is 0.490 e. The van der Waals surface area contributed by atoms with Crippen LogP contribution in [0.2, 0.25) is 0 Å². The van der Waals surface area contributed by atoms with Gasteiger partial charge < -0.3 is 18.9 Å². The van der Waals surface area contributed by atoms with E-state index < -0.39 is 0 Å². The number of para-hydroxylation sites is 1. The highest BCUT2D eigenvalue weighted by Crippen LogP contribution is 2.25. The third-order valence-electron chi connectivity index (χ3n) is 5.79. The fourth-order valence-corrected chi connectivity index (χ4v) is 3.87. The molecule has 2 heterocycles. The first kappa shape index (κ1) is 22.9. The van der Waals surface area contributed by atoms with Crippen LogP contribution in [0.3, 0.4) is 0 Å². The van der Waals surface area contributed by atoms with E-state index in [9.17, 15) is 4.79 Å². The second kappa shape index (κ2) is 11.1. The van der Waals surface area contributed by atoms with E-state index in [1.165, 1.54) is 0 Å². The highest BCUT2D eigenvalue weighted by Gasteiger charge is 2.29. The number of benzene rings is 2. The standard InChI is InChI=1S/C25H30N4O4/c1-3-31-17-18-32-22-12-8-7-11-21(22)25(30)29-15-13-28(14-16-29)19(2)24-26-23(27-33-24)20-9-5-4-6-10-20/h4-12,19H,3,13-18H2,1-2H3. The molecule has 8 nitrogen and oxygen atoms in total. The zero-order chi connectivity index (χ0) is 23.0. The molecule has 0 spiro atoms. The fraction of sp³-hybridized carbons (Fsp3) is 0.400. The number of carbonyl (C=O) groups is 1. The third kappa shape index (κ3) is 5.58.